The second-order valence-corrected chi connectivity index (χ2v) is 6.75. The summed E-state index contributed by atoms with van der Waals surface area (Å²) in [5.74, 6) is 0.385. The van der Waals surface area contributed by atoms with Crippen LogP contribution < -0.4 is 10.9 Å². The highest BCUT2D eigenvalue weighted by molar-refractivity contribution is 9.10. The number of hydrogen-bond acceptors (Lipinski definition) is 4. The lowest BCUT2D eigenvalue weighted by molar-refractivity contribution is 0.462. The topological polar surface area (TPSA) is 46.9 Å². The predicted molar refractivity (Wildman–Crippen MR) is 87.4 cm³/mol. The van der Waals surface area contributed by atoms with Gasteiger partial charge in [-0.25, -0.2) is 4.68 Å². The molecule has 0 saturated heterocycles. The van der Waals surface area contributed by atoms with Crippen LogP contribution >= 0.6 is 27.3 Å². The van der Waals surface area contributed by atoms with Crippen molar-refractivity contribution in [2.75, 3.05) is 5.32 Å². The minimum absolute atomic E-state index is 0.0961. The number of nitrogens with zero attached hydrogens (tertiary/aromatic N) is 2. The summed E-state index contributed by atoms with van der Waals surface area (Å²) in [5.41, 5.74) is 1.84. The molecule has 0 aliphatic heterocycles. The zero-order valence-electron chi connectivity index (χ0n) is 11.8. The number of nitrogens with one attached hydrogen (secondary N) is 1. The van der Waals surface area contributed by atoms with Gasteiger partial charge in [-0.1, -0.05) is 13.8 Å². The molecule has 2 aromatic rings. The molecule has 0 aliphatic carbocycles. The Hall–Kier alpha value is -1.14. The molecule has 4 nitrogen and oxygen atoms in total. The Kier molecular flexibility index (Phi) is 4.99. The number of aromatic nitrogens is 2. The lowest BCUT2D eigenvalue weighted by Gasteiger charge is -2.16. The van der Waals surface area contributed by atoms with Crippen LogP contribution in [0.1, 0.15) is 32.4 Å². The van der Waals surface area contributed by atoms with Crippen LogP contribution in [0.5, 0.6) is 0 Å². The molecule has 0 fully saturated rings. The fraction of sp³-hybridized carbons (Fsp3) is 0.429. The van der Waals surface area contributed by atoms with Gasteiger partial charge in [0.25, 0.3) is 5.56 Å². The summed E-state index contributed by atoms with van der Waals surface area (Å²) < 4.78 is 2.03. The van der Waals surface area contributed by atoms with E-state index in [2.05, 4.69) is 58.6 Å². The zero-order valence-corrected chi connectivity index (χ0v) is 14.2. The third-order valence-corrected chi connectivity index (χ3v) is 4.41. The summed E-state index contributed by atoms with van der Waals surface area (Å²) in [5, 5.41) is 11.7. The summed E-state index contributed by atoms with van der Waals surface area (Å²) >= 11 is 5.04. The van der Waals surface area contributed by atoms with E-state index in [1.807, 2.05) is 5.38 Å². The Labute approximate surface area is 131 Å². The molecular formula is C14H18BrN3OS. The van der Waals surface area contributed by atoms with Crippen molar-refractivity contribution in [2.45, 2.75) is 33.4 Å². The van der Waals surface area contributed by atoms with Crippen molar-refractivity contribution >= 4 is 33.0 Å². The Morgan fingerprint density at radius 2 is 2.20 bits per heavy atom. The fourth-order valence-electron chi connectivity index (χ4n) is 1.88. The minimum Gasteiger partial charge on any atom is -0.376 e. The Bertz CT molecular complexity index is 622. The second kappa shape index (κ2) is 6.54. The summed E-state index contributed by atoms with van der Waals surface area (Å²) in [6, 6.07) is 2.21. The molecule has 20 heavy (non-hydrogen) atoms. The molecule has 0 saturated carbocycles. The van der Waals surface area contributed by atoms with Gasteiger partial charge in [0, 0.05) is 12.6 Å². The SMILES string of the molecule is CC(C)Cn1ncc(NC(C)c2ccsc2)c(Br)c1=O. The first kappa shape index (κ1) is 15.3. The van der Waals surface area contributed by atoms with Crippen LogP contribution in [-0.2, 0) is 6.54 Å². The highest BCUT2D eigenvalue weighted by Crippen LogP contribution is 2.24. The van der Waals surface area contributed by atoms with Crippen molar-refractivity contribution in [1.29, 1.82) is 0 Å². The average molecular weight is 356 g/mol. The molecule has 0 amide bonds. The van der Waals surface area contributed by atoms with Gasteiger partial charge in [-0.2, -0.15) is 16.4 Å². The molecule has 2 aromatic heterocycles. The Balaban J connectivity index is 2.21. The van der Waals surface area contributed by atoms with E-state index in [1.165, 1.54) is 10.2 Å². The molecule has 2 heterocycles. The lowest BCUT2D eigenvalue weighted by atomic mass is 10.2. The number of hydrogen-bond donors (Lipinski definition) is 1. The van der Waals surface area contributed by atoms with Crippen LogP contribution in [0.15, 0.2) is 32.3 Å². The van der Waals surface area contributed by atoms with E-state index in [0.29, 0.717) is 16.9 Å². The van der Waals surface area contributed by atoms with E-state index in [9.17, 15) is 4.79 Å². The number of anilines is 1. The first-order chi connectivity index (χ1) is 9.49. The van der Waals surface area contributed by atoms with Crippen molar-refractivity contribution in [3.63, 3.8) is 0 Å². The predicted octanol–water partition coefficient (Wildman–Crippen LogP) is 3.90. The molecular weight excluding hydrogens is 338 g/mol. The molecule has 0 bridgehead atoms. The number of halogens is 1. The standard InChI is InChI=1S/C14H18BrN3OS/c1-9(2)7-18-14(19)13(15)12(6-16-18)17-10(3)11-4-5-20-8-11/h4-6,8-10,17H,7H2,1-3H3. The van der Waals surface area contributed by atoms with Gasteiger partial charge in [-0.15, -0.1) is 0 Å². The van der Waals surface area contributed by atoms with Gasteiger partial charge in [0.05, 0.1) is 11.9 Å². The van der Waals surface area contributed by atoms with Gasteiger partial charge in [0.1, 0.15) is 4.47 Å². The first-order valence-electron chi connectivity index (χ1n) is 6.53. The number of thiophene rings is 1. The maximum Gasteiger partial charge on any atom is 0.283 e. The molecule has 0 radical (unpaired) electrons. The van der Waals surface area contributed by atoms with Crippen LogP contribution in [-0.4, -0.2) is 9.78 Å². The smallest absolute Gasteiger partial charge is 0.283 e. The average Bonchev–Trinajstić information content (AvgIpc) is 2.92. The second-order valence-electron chi connectivity index (χ2n) is 5.18. The van der Waals surface area contributed by atoms with Crippen LogP contribution in [0, 0.1) is 5.92 Å². The molecule has 1 atom stereocenters. The van der Waals surface area contributed by atoms with E-state index in [4.69, 9.17) is 0 Å². The fourth-order valence-corrected chi connectivity index (χ4v) is 3.06. The van der Waals surface area contributed by atoms with E-state index in [-0.39, 0.29) is 11.6 Å². The molecule has 6 heteroatoms. The summed E-state index contributed by atoms with van der Waals surface area (Å²) in [7, 11) is 0. The van der Waals surface area contributed by atoms with Gasteiger partial charge >= 0.3 is 0 Å². The quantitative estimate of drug-likeness (QED) is 0.884. The van der Waals surface area contributed by atoms with Crippen LogP contribution in [0.2, 0.25) is 0 Å². The van der Waals surface area contributed by atoms with E-state index in [0.717, 1.165) is 5.69 Å². The maximum absolute atomic E-state index is 12.2. The minimum atomic E-state index is -0.0961. The van der Waals surface area contributed by atoms with Crippen molar-refractivity contribution in [3.8, 4) is 0 Å². The van der Waals surface area contributed by atoms with E-state index >= 15 is 0 Å². The molecule has 0 aliphatic rings. The summed E-state index contributed by atoms with van der Waals surface area (Å²) in [6.07, 6.45) is 1.71. The zero-order chi connectivity index (χ0) is 14.7. The molecule has 1 unspecified atom stereocenters. The van der Waals surface area contributed by atoms with Crippen molar-refractivity contribution < 1.29 is 0 Å². The first-order valence-corrected chi connectivity index (χ1v) is 8.27. The van der Waals surface area contributed by atoms with E-state index in [1.54, 1.807) is 17.5 Å². The van der Waals surface area contributed by atoms with Gasteiger partial charge in [0.2, 0.25) is 0 Å². The number of rotatable bonds is 5. The summed E-state index contributed by atoms with van der Waals surface area (Å²) in [6.45, 7) is 6.81. The normalized spacial score (nSPS) is 12.7. The molecule has 108 valence electrons. The van der Waals surface area contributed by atoms with Crippen LogP contribution in [0.3, 0.4) is 0 Å². The van der Waals surface area contributed by atoms with Crippen molar-refractivity contribution in [2.24, 2.45) is 5.92 Å². The molecule has 2 rings (SSSR count). The van der Waals surface area contributed by atoms with Crippen molar-refractivity contribution in [3.05, 3.63) is 43.4 Å². The van der Waals surface area contributed by atoms with Gasteiger partial charge in [0.15, 0.2) is 0 Å². The van der Waals surface area contributed by atoms with Crippen LogP contribution in [0.25, 0.3) is 0 Å². The maximum atomic E-state index is 12.2. The molecule has 0 aromatic carbocycles. The van der Waals surface area contributed by atoms with E-state index < -0.39 is 0 Å². The third-order valence-electron chi connectivity index (χ3n) is 2.94. The highest BCUT2D eigenvalue weighted by Gasteiger charge is 2.13. The molecule has 1 N–H and O–H groups in total. The van der Waals surface area contributed by atoms with Crippen LogP contribution in [0.4, 0.5) is 5.69 Å². The summed E-state index contributed by atoms with van der Waals surface area (Å²) in [4.78, 5) is 12.2. The van der Waals surface area contributed by atoms with Gasteiger partial charge in [-0.05, 0) is 51.2 Å². The Morgan fingerprint density at radius 1 is 1.45 bits per heavy atom. The largest absolute Gasteiger partial charge is 0.376 e. The third kappa shape index (κ3) is 3.49. The Morgan fingerprint density at radius 3 is 2.80 bits per heavy atom. The van der Waals surface area contributed by atoms with Gasteiger partial charge in [-0.3, -0.25) is 4.79 Å². The van der Waals surface area contributed by atoms with Gasteiger partial charge < -0.3 is 5.32 Å². The molecule has 0 spiro atoms. The lowest BCUT2D eigenvalue weighted by Crippen LogP contribution is -2.26. The monoisotopic (exact) mass is 355 g/mol. The highest BCUT2D eigenvalue weighted by atomic mass is 79.9. The van der Waals surface area contributed by atoms with Crippen molar-refractivity contribution in [1.82, 2.24) is 9.78 Å².